The van der Waals surface area contributed by atoms with E-state index in [9.17, 15) is 9.59 Å². The van der Waals surface area contributed by atoms with Gasteiger partial charge in [0, 0.05) is 4.47 Å². The summed E-state index contributed by atoms with van der Waals surface area (Å²) in [6.45, 7) is 2.48. The maximum Gasteiger partial charge on any atom is 0.316 e. The highest BCUT2D eigenvalue weighted by Crippen LogP contribution is 2.21. The number of halogens is 1. The van der Waals surface area contributed by atoms with Gasteiger partial charge in [-0.05, 0) is 30.7 Å². The molecule has 3 aromatic rings. The number of hydrogen-bond donors (Lipinski definition) is 0. The molecule has 0 N–H and O–H groups in total. The van der Waals surface area contributed by atoms with Crippen molar-refractivity contribution in [2.24, 2.45) is 0 Å². The van der Waals surface area contributed by atoms with Gasteiger partial charge in [0.15, 0.2) is 5.16 Å². The number of carbonyl (C=O) groups excluding carboxylic acids is 1. The number of ether oxygens (including phenoxy) is 1. The Morgan fingerprint density at radius 3 is 2.73 bits per heavy atom. The molecule has 5 nitrogen and oxygen atoms in total. The van der Waals surface area contributed by atoms with Crippen molar-refractivity contribution in [3.63, 3.8) is 0 Å². The van der Waals surface area contributed by atoms with E-state index in [1.165, 1.54) is 11.8 Å². The molecular formula is C19H17BrN2O3S. The van der Waals surface area contributed by atoms with Crippen LogP contribution >= 0.6 is 27.7 Å². The minimum atomic E-state index is -0.325. The third kappa shape index (κ3) is 4.34. The van der Waals surface area contributed by atoms with Crippen LogP contribution in [-0.2, 0) is 16.1 Å². The third-order valence-electron chi connectivity index (χ3n) is 3.69. The van der Waals surface area contributed by atoms with Gasteiger partial charge in [-0.3, -0.25) is 14.2 Å². The molecular weight excluding hydrogens is 416 g/mol. The zero-order valence-corrected chi connectivity index (χ0v) is 16.5. The molecule has 0 atom stereocenters. The summed E-state index contributed by atoms with van der Waals surface area (Å²) in [7, 11) is 0. The van der Waals surface area contributed by atoms with Crippen molar-refractivity contribution in [3.8, 4) is 0 Å². The van der Waals surface area contributed by atoms with Crippen molar-refractivity contribution in [2.45, 2.75) is 18.6 Å². The van der Waals surface area contributed by atoms with Crippen molar-refractivity contribution >= 4 is 44.6 Å². The number of rotatable bonds is 6. The lowest BCUT2D eigenvalue weighted by Crippen LogP contribution is -2.24. The van der Waals surface area contributed by atoms with Gasteiger partial charge in [0.05, 0.1) is 29.8 Å². The van der Waals surface area contributed by atoms with Gasteiger partial charge in [-0.25, -0.2) is 4.98 Å². The third-order valence-corrected chi connectivity index (χ3v) is 5.13. The molecule has 1 aromatic heterocycles. The van der Waals surface area contributed by atoms with Crippen LogP contribution in [0.5, 0.6) is 0 Å². The highest BCUT2D eigenvalue weighted by Gasteiger charge is 2.14. The molecule has 0 aliphatic rings. The van der Waals surface area contributed by atoms with Gasteiger partial charge in [0.25, 0.3) is 5.56 Å². The molecule has 0 radical (unpaired) electrons. The summed E-state index contributed by atoms with van der Waals surface area (Å²) in [5, 5.41) is 1.04. The number of aromatic nitrogens is 2. The Morgan fingerprint density at radius 1 is 1.23 bits per heavy atom. The summed E-state index contributed by atoms with van der Waals surface area (Å²) in [6.07, 6.45) is 0. The molecule has 0 unspecified atom stereocenters. The van der Waals surface area contributed by atoms with Crippen molar-refractivity contribution in [1.29, 1.82) is 0 Å². The topological polar surface area (TPSA) is 61.2 Å². The fourth-order valence-corrected chi connectivity index (χ4v) is 3.67. The standard InChI is InChI=1S/C19H17BrN2O3S/c1-2-25-17(23)12-26-19-21-16-9-8-14(20)10-15(16)18(24)22(19)11-13-6-4-3-5-7-13/h3-10H,2,11-12H2,1H3. The van der Waals surface area contributed by atoms with E-state index in [2.05, 4.69) is 20.9 Å². The first-order chi connectivity index (χ1) is 12.6. The SMILES string of the molecule is CCOC(=O)CSc1nc2ccc(Br)cc2c(=O)n1Cc1ccccc1. The molecule has 0 saturated heterocycles. The number of esters is 1. The van der Waals surface area contributed by atoms with Crippen LogP contribution in [0, 0.1) is 0 Å². The van der Waals surface area contributed by atoms with E-state index in [0.29, 0.717) is 29.2 Å². The number of benzene rings is 2. The quantitative estimate of drug-likeness (QED) is 0.336. The molecule has 0 spiro atoms. The Kier molecular flexibility index (Phi) is 6.11. The predicted molar refractivity (Wildman–Crippen MR) is 107 cm³/mol. The lowest BCUT2D eigenvalue weighted by atomic mass is 10.2. The van der Waals surface area contributed by atoms with Gasteiger partial charge in [-0.1, -0.05) is 58.0 Å². The lowest BCUT2D eigenvalue weighted by molar-refractivity contribution is -0.139. The van der Waals surface area contributed by atoms with Gasteiger partial charge < -0.3 is 4.74 Å². The molecule has 0 bridgehead atoms. The Balaban J connectivity index is 2.05. The monoisotopic (exact) mass is 432 g/mol. The average molecular weight is 433 g/mol. The Morgan fingerprint density at radius 2 is 2.00 bits per heavy atom. The molecule has 0 fully saturated rings. The van der Waals surface area contributed by atoms with Crippen LogP contribution in [-0.4, -0.2) is 27.9 Å². The van der Waals surface area contributed by atoms with E-state index in [4.69, 9.17) is 4.74 Å². The molecule has 26 heavy (non-hydrogen) atoms. The van der Waals surface area contributed by atoms with E-state index in [-0.39, 0.29) is 17.3 Å². The zero-order valence-electron chi connectivity index (χ0n) is 14.1. The first kappa shape index (κ1) is 18.7. The highest BCUT2D eigenvalue weighted by atomic mass is 79.9. The highest BCUT2D eigenvalue weighted by molar-refractivity contribution is 9.10. The molecule has 2 aromatic carbocycles. The Hall–Kier alpha value is -2.12. The number of fused-ring (bicyclic) bond motifs is 1. The van der Waals surface area contributed by atoms with Gasteiger partial charge in [0.1, 0.15) is 0 Å². The first-order valence-corrected chi connectivity index (χ1v) is 9.89. The van der Waals surface area contributed by atoms with E-state index in [0.717, 1.165) is 10.0 Å². The molecule has 134 valence electrons. The minimum Gasteiger partial charge on any atom is -0.465 e. The van der Waals surface area contributed by atoms with Crippen LogP contribution in [0.1, 0.15) is 12.5 Å². The van der Waals surface area contributed by atoms with E-state index >= 15 is 0 Å². The van der Waals surface area contributed by atoms with Crippen LogP contribution in [0.2, 0.25) is 0 Å². The van der Waals surface area contributed by atoms with Crippen molar-refractivity contribution in [2.75, 3.05) is 12.4 Å². The Labute approximate surface area is 163 Å². The number of hydrogen-bond acceptors (Lipinski definition) is 5. The summed E-state index contributed by atoms with van der Waals surface area (Å²) < 4.78 is 7.40. The second-order valence-electron chi connectivity index (χ2n) is 5.53. The molecule has 7 heteroatoms. The van der Waals surface area contributed by atoms with Crippen LogP contribution in [0.15, 0.2) is 63.0 Å². The van der Waals surface area contributed by atoms with E-state index < -0.39 is 0 Å². The molecule has 0 saturated carbocycles. The minimum absolute atomic E-state index is 0.108. The largest absolute Gasteiger partial charge is 0.465 e. The predicted octanol–water partition coefficient (Wildman–Crippen LogP) is 3.86. The van der Waals surface area contributed by atoms with Gasteiger partial charge in [0.2, 0.25) is 0 Å². The van der Waals surface area contributed by atoms with Crippen molar-refractivity contribution in [1.82, 2.24) is 9.55 Å². The maximum absolute atomic E-state index is 13.0. The number of thioether (sulfide) groups is 1. The number of carbonyl (C=O) groups is 1. The molecule has 1 heterocycles. The fraction of sp³-hybridized carbons (Fsp3) is 0.211. The second kappa shape index (κ2) is 8.51. The van der Waals surface area contributed by atoms with Gasteiger partial charge in [-0.2, -0.15) is 0 Å². The second-order valence-corrected chi connectivity index (χ2v) is 7.38. The van der Waals surface area contributed by atoms with Crippen LogP contribution < -0.4 is 5.56 Å². The summed E-state index contributed by atoms with van der Waals surface area (Å²) in [4.78, 5) is 29.4. The zero-order chi connectivity index (χ0) is 18.5. The maximum atomic E-state index is 13.0. The van der Waals surface area contributed by atoms with Crippen LogP contribution in [0.4, 0.5) is 0 Å². The molecule has 0 amide bonds. The molecule has 0 aliphatic heterocycles. The molecule has 3 rings (SSSR count). The normalized spacial score (nSPS) is 10.8. The summed E-state index contributed by atoms with van der Waals surface area (Å²) in [5.74, 6) is -0.217. The summed E-state index contributed by atoms with van der Waals surface area (Å²) >= 11 is 4.61. The lowest BCUT2D eigenvalue weighted by Gasteiger charge is -2.13. The van der Waals surface area contributed by atoms with Crippen LogP contribution in [0.3, 0.4) is 0 Å². The fourth-order valence-electron chi connectivity index (χ4n) is 2.51. The van der Waals surface area contributed by atoms with Gasteiger partial charge >= 0.3 is 5.97 Å². The van der Waals surface area contributed by atoms with Crippen molar-refractivity contribution in [3.05, 3.63) is 68.9 Å². The van der Waals surface area contributed by atoms with Crippen molar-refractivity contribution < 1.29 is 9.53 Å². The van der Waals surface area contributed by atoms with Crippen LogP contribution in [0.25, 0.3) is 10.9 Å². The molecule has 0 aliphatic carbocycles. The Bertz CT molecular complexity index is 989. The van der Waals surface area contributed by atoms with Gasteiger partial charge in [-0.15, -0.1) is 0 Å². The van der Waals surface area contributed by atoms with E-state index in [1.807, 2.05) is 36.4 Å². The number of nitrogens with zero attached hydrogens (tertiary/aromatic N) is 2. The average Bonchev–Trinajstić information content (AvgIpc) is 2.64. The smallest absolute Gasteiger partial charge is 0.316 e. The van der Waals surface area contributed by atoms with E-state index in [1.54, 1.807) is 23.6 Å². The first-order valence-electron chi connectivity index (χ1n) is 8.11. The summed E-state index contributed by atoms with van der Waals surface area (Å²) in [6, 6.07) is 15.1. The summed E-state index contributed by atoms with van der Waals surface area (Å²) in [5.41, 5.74) is 1.46.